The first-order valence-electron chi connectivity index (χ1n) is 4.73. The SMILES string of the molecule is NCCCc1ccc(-c2cccs2)o1. The topological polar surface area (TPSA) is 39.2 Å². The number of rotatable bonds is 4. The molecule has 0 aliphatic carbocycles. The second kappa shape index (κ2) is 4.44. The summed E-state index contributed by atoms with van der Waals surface area (Å²) >= 11 is 1.69. The summed E-state index contributed by atoms with van der Waals surface area (Å²) in [7, 11) is 0. The maximum absolute atomic E-state index is 5.68. The molecule has 0 amide bonds. The molecule has 0 saturated carbocycles. The molecule has 0 aromatic carbocycles. The van der Waals surface area contributed by atoms with Crippen LogP contribution in [0.4, 0.5) is 0 Å². The molecule has 2 N–H and O–H groups in total. The molecule has 0 aliphatic heterocycles. The average molecular weight is 207 g/mol. The Bertz CT molecular complexity index is 378. The average Bonchev–Trinajstić information content (AvgIpc) is 2.85. The van der Waals surface area contributed by atoms with Crippen LogP contribution in [-0.2, 0) is 6.42 Å². The first-order chi connectivity index (χ1) is 6.90. The molecule has 2 rings (SSSR count). The zero-order chi connectivity index (χ0) is 9.80. The molecule has 0 atom stereocenters. The van der Waals surface area contributed by atoms with E-state index in [9.17, 15) is 0 Å². The van der Waals surface area contributed by atoms with E-state index in [1.165, 1.54) is 4.88 Å². The van der Waals surface area contributed by atoms with Crippen LogP contribution in [0, 0.1) is 0 Å². The second-order valence-electron chi connectivity index (χ2n) is 3.14. The lowest BCUT2D eigenvalue weighted by Crippen LogP contribution is -1.99. The molecule has 2 heterocycles. The van der Waals surface area contributed by atoms with E-state index in [4.69, 9.17) is 10.2 Å². The minimum absolute atomic E-state index is 0.717. The molecule has 0 bridgehead atoms. The molecule has 0 saturated heterocycles. The molecule has 0 aliphatic rings. The van der Waals surface area contributed by atoms with E-state index in [1.54, 1.807) is 11.3 Å². The Balaban J connectivity index is 2.10. The lowest BCUT2D eigenvalue weighted by atomic mass is 10.2. The summed E-state index contributed by atoms with van der Waals surface area (Å²) in [6.45, 7) is 0.717. The maximum atomic E-state index is 5.68. The Morgan fingerprint density at radius 2 is 2.21 bits per heavy atom. The lowest BCUT2D eigenvalue weighted by Gasteiger charge is -1.93. The number of hydrogen-bond acceptors (Lipinski definition) is 3. The highest BCUT2D eigenvalue weighted by Gasteiger charge is 2.04. The summed E-state index contributed by atoms with van der Waals surface area (Å²) in [5.41, 5.74) is 5.44. The van der Waals surface area contributed by atoms with Gasteiger partial charge in [-0.15, -0.1) is 11.3 Å². The van der Waals surface area contributed by atoms with Gasteiger partial charge in [-0.1, -0.05) is 6.07 Å². The molecule has 0 unspecified atom stereocenters. The van der Waals surface area contributed by atoms with Crippen molar-refractivity contribution in [3.05, 3.63) is 35.4 Å². The van der Waals surface area contributed by atoms with Crippen molar-refractivity contribution in [1.29, 1.82) is 0 Å². The van der Waals surface area contributed by atoms with E-state index in [1.807, 2.05) is 18.2 Å². The van der Waals surface area contributed by atoms with Crippen molar-refractivity contribution in [2.45, 2.75) is 12.8 Å². The van der Waals surface area contributed by atoms with Gasteiger partial charge in [-0.3, -0.25) is 0 Å². The van der Waals surface area contributed by atoms with Crippen LogP contribution in [0.15, 0.2) is 34.1 Å². The van der Waals surface area contributed by atoms with Gasteiger partial charge in [0, 0.05) is 6.42 Å². The molecule has 3 heteroatoms. The number of thiophene rings is 1. The summed E-state index contributed by atoms with van der Waals surface area (Å²) in [6, 6.07) is 8.15. The second-order valence-corrected chi connectivity index (χ2v) is 4.08. The first-order valence-corrected chi connectivity index (χ1v) is 5.61. The smallest absolute Gasteiger partial charge is 0.144 e. The maximum Gasteiger partial charge on any atom is 0.144 e. The lowest BCUT2D eigenvalue weighted by molar-refractivity contribution is 0.516. The first kappa shape index (κ1) is 9.49. The Hall–Kier alpha value is -1.06. The molecule has 74 valence electrons. The van der Waals surface area contributed by atoms with E-state index in [0.29, 0.717) is 0 Å². The van der Waals surface area contributed by atoms with Crippen LogP contribution in [0.25, 0.3) is 10.6 Å². The molecule has 2 aromatic heterocycles. The summed E-state index contributed by atoms with van der Waals surface area (Å²) in [5, 5.41) is 2.05. The van der Waals surface area contributed by atoms with Crippen LogP contribution in [-0.4, -0.2) is 6.54 Å². The Labute approximate surface area is 87.4 Å². The van der Waals surface area contributed by atoms with Crippen LogP contribution in [0.2, 0.25) is 0 Å². The normalized spacial score (nSPS) is 10.6. The number of furan rings is 1. The summed E-state index contributed by atoms with van der Waals surface area (Å²) in [6.07, 6.45) is 1.92. The standard InChI is InChI=1S/C11H13NOS/c12-7-1-3-9-5-6-10(13-9)11-4-2-8-14-11/h2,4-6,8H,1,3,7,12H2. The van der Waals surface area contributed by atoms with Gasteiger partial charge < -0.3 is 10.2 Å². The van der Waals surface area contributed by atoms with Gasteiger partial charge in [-0.2, -0.15) is 0 Å². The van der Waals surface area contributed by atoms with Gasteiger partial charge in [0.1, 0.15) is 11.5 Å². The number of hydrogen-bond donors (Lipinski definition) is 1. The zero-order valence-corrected chi connectivity index (χ0v) is 8.72. The third-order valence-electron chi connectivity index (χ3n) is 2.05. The fraction of sp³-hybridized carbons (Fsp3) is 0.273. The summed E-state index contributed by atoms with van der Waals surface area (Å²) in [5.74, 6) is 1.99. The predicted octanol–water partition coefficient (Wildman–Crippen LogP) is 2.90. The van der Waals surface area contributed by atoms with E-state index in [0.717, 1.165) is 30.9 Å². The Morgan fingerprint density at radius 1 is 1.29 bits per heavy atom. The molecule has 0 fully saturated rings. The Morgan fingerprint density at radius 3 is 2.93 bits per heavy atom. The third kappa shape index (κ3) is 2.05. The van der Waals surface area contributed by atoms with Gasteiger partial charge >= 0.3 is 0 Å². The van der Waals surface area contributed by atoms with Gasteiger partial charge in [0.15, 0.2) is 0 Å². The van der Waals surface area contributed by atoms with Crippen molar-refractivity contribution in [3.63, 3.8) is 0 Å². The highest BCUT2D eigenvalue weighted by Crippen LogP contribution is 2.26. The predicted molar refractivity (Wildman–Crippen MR) is 59.4 cm³/mol. The van der Waals surface area contributed by atoms with E-state index in [-0.39, 0.29) is 0 Å². The third-order valence-corrected chi connectivity index (χ3v) is 2.94. The van der Waals surface area contributed by atoms with Gasteiger partial charge in [0.25, 0.3) is 0 Å². The minimum atomic E-state index is 0.717. The van der Waals surface area contributed by atoms with E-state index < -0.39 is 0 Å². The highest BCUT2D eigenvalue weighted by molar-refractivity contribution is 7.13. The van der Waals surface area contributed by atoms with Crippen molar-refractivity contribution in [1.82, 2.24) is 0 Å². The fourth-order valence-electron chi connectivity index (χ4n) is 1.34. The largest absolute Gasteiger partial charge is 0.460 e. The van der Waals surface area contributed by atoms with Crippen molar-refractivity contribution in [2.24, 2.45) is 5.73 Å². The highest BCUT2D eigenvalue weighted by atomic mass is 32.1. The van der Waals surface area contributed by atoms with E-state index in [2.05, 4.69) is 11.4 Å². The zero-order valence-electron chi connectivity index (χ0n) is 7.90. The Kier molecular flexibility index (Phi) is 3.01. The molecule has 0 spiro atoms. The van der Waals surface area contributed by atoms with Gasteiger partial charge in [0.05, 0.1) is 4.88 Å². The van der Waals surface area contributed by atoms with Gasteiger partial charge in [-0.05, 0) is 36.5 Å². The van der Waals surface area contributed by atoms with Crippen molar-refractivity contribution in [3.8, 4) is 10.6 Å². The van der Waals surface area contributed by atoms with Gasteiger partial charge in [-0.25, -0.2) is 0 Å². The number of aryl methyl sites for hydroxylation is 1. The fourth-order valence-corrected chi connectivity index (χ4v) is 2.03. The van der Waals surface area contributed by atoms with Crippen LogP contribution in [0.1, 0.15) is 12.2 Å². The minimum Gasteiger partial charge on any atom is -0.460 e. The van der Waals surface area contributed by atoms with Gasteiger partial charge in [0.2, 0.25) is 0 Å². The van der Waals surface area contributed by atoms with Crippen molar-refractivity contribution >= 4 is 11.3 Å². The quantitative estimate of drug-likeness (QED) is 0.837. The van der Waals surface area contributed by atoms with Crippen molar-refractivity contribution in [2.75, 3.05) is 6.54 Å². The molecular weight excluding hydrogens is 194 g/mol. The molecule has 14 heavy (non-hydrogen) atoms. The summed E-state index contributed by atoms with van der Waals surface area (Å²) < 4.78 is 5.68. The molecular formula is C11H13NOS. The molecule has 2 aromatic rings. The van der Waals surface area contributed by atoms with E-state index >= 15 is 0 Å². The summed E-state index contributed by atoms with van der Waals surface area (Å²) in [4.78, 5) is 1.18. The van der Waals surface area contributed by atoms with Crippen LogP contribution >= 0.6 is 11.3 Å². The molecule has 0 radical (unpaired) electrons. The number of nitrogens with two attached hydrogens (primary N) is 1. The van der Waals surface area contributed by atoms with Crippen LogP contribution in [0.5, 0.6) is 0 Å². The van der Waals surface area contributed by atoms with Crippen LogP contribution in [0.3, 0.4) is 0 Å². The monoisotopic (exact) mass is 207 g/mol. The molecule has 2 nitrogen and oxygen atoms in total. The van der Waals surface area contributed by atoms with Crippen molar-refractivity contribution < 1.29 is 4.42 Å². The van der Waals surface area contributed by atoms with Crippen LogP contribution < -0.4 is 5.73 Å².